The van der Waals surface area contributed by atoms with Gasteiger partial charge in [0.05, 0.1) is 18.1 Å². The molecule has 1 aromatic heterocycles. The molecule has 2 heterocycles. The molecule has 1 atom stereocenters. The van der Waals surface area contributed by atoms with Crippen molar-refractivity contribution in [1.82, 2.24) is 14.9 Å². The lowest BCUT2D eigenvalue weighted by molar-refractivity contribution is 0.0821. The Balaban J connectivity index is 2.07. The zero-order valence-corrected chi connectivity index (χ0v) is 12.9. The van der Waals surface area contributed by atoms with Gasteiger partial charge in [-0.15, -0.1) is 0 Å². The first-order chi connectivity index (χ1) is 11.0. The minimum absolute atomic E-state index is 0.176. The molecule has 7 heteroatoms. The molecule has 2 aromatic rings. The van der Waals surface area contributed by atoms with Crippen molar-refractivity contribution >= 4 is 5.91 Å². The topological polar surface area (TPSA) is 81.3 Å². The summed E-state index contributed by atoms with van der Waals surface area (Å²) in [7, 11) is 3.26. The summed E-state index contributed by atoms with van der Waals surface area (Å²) in [5.41, 5.74) is 7.46. The molecule has 2 N–H and O–H groups in total. The third-order valence-corrected chi connectivity index (χ3v) is 3.66. The summed E-state index contributed by atoms with van der Waals surface area (Å²) in [6.07, 6.45) is 3.25. The highest BCUT2D eigenvalue weighted by Gasteiger charge is 2.27. The molecule has 0 unspecified atom stereocenters. The van der Waals surface area contributed by atoms with Gasteiger partial charge in [-0.05, 0) is 12.1 Å². The quantitative estimate of drug-likeness (QED) is 0.921. The van der Waals surface area contributed by atoms with Gasteiger partial charge in [0.2, 0.25) is 0 Å². The van der Waals surface area contributed by atoms with E-state index in [0.717, 1.165) is 5.56 Å². The normalized spacial score (nSPS) is 15.9. The number of ether oxygens (including phenoxy) is 1. The first-order valence-corrected chi connectivity index (χ1v) is 7.22. The number of halogens is 1. The Bertz CT molecular complexity index is 764. The second-order valence-electron chi connectivity index (χ2n) is 5.61. The molecule has 0 radical (unpaired) electrons. The van der Waals surface area contributed by atoms with Crippen LogP contribution in [0.15, 0.2) is 24.5 Å². The third kappa shape index (κ3) is 2.87. The lowest BCUT2D eigenvalue weighted by Gasteiger charge is -2.12. The molecule has 120 valence electrons. The first kappa shape index (κ1) is 15.4. The Morgan fingerprint density at radius 3 is 2.91 bits per heavy atom. The van der Waals surface area contributed by atoms with Gasteiger partial charge in [-0.2, -0.15) is 0 Å². The van der Waals surface area contributed by atoms with Crippen LogP contribution in [0.4, 0.5) is 4.39 Å². The summed E-state index contributed by atoms with van der Waals surface area (Å²) in [5, 5.41) is 0. The standard InChI is InChI=1S/C16H17FN4O2/c1-21(2)16(22)14-8-19-7-13(20-14)12-5-10(17)3-9-4-11(6-18)23-15(9)12/h3,5,7-8,11H,4,6,18H2,1-2H3/t11-/m0/s1. The van der Waals surface area contributed by atoms with Crippen LogP contribution in [0.1, 0.15) is 16.1 Å². The molecule has 3 rings (SSSR count). The van der Waals surface area contributed by atoms with Crippen molar-refractivity contribution < 1.29 is 13.9 Å². The number of benzene rings is 1. The Morgan fingerprint density at radius 2 is 2.22 bits per heavy atom. The highest BCUT2D eigenvalue weighted by atomic mass is 19.1. The molecule has 23 heavy (non-hydrogen) atoms. The smallest absolute Gasteiger partial charge is 0.273 e. The van der Waals surface area contributed by atoms with Crippen molar-refractivity contribution in [1.29, 1.82) is 0 Å². The van der Waals surface area contributed by atoms with Crippen molar-refractivity contribution in [2.45, 2.75) is 12.5 Å². The zero-order chi connectivity index (χ0) is 16.6. The second kappa shape index (κ2) is 5.92. The summed E-state index contributed by atoms with van der Waals surface area (Å²) in [4.78, 5) is 21.8. The highest BCUT2D eigenvalue weighted by molar-refractivity contribution is 5.92. The number of hydrogen-bond acceptors (Lipinski definition) is 5. The molecule has 0 saturated heterocycles. The van der Waals surface area contributed by atoms with Crippen molar-refractivity contribution in [3.05, 3.63) is 41.6 Å². The summed E-state index contributed by atoms with van der Waals surface area (Å²) in [5.74, 6) is -0.0927. The maximum atomic E-state index is 13.9. The number of carbonyl (C=O) groups is 1. The molecule has 1 aliphatic rings. The van der Waals surface area contributed by atoms with Gasteiger partial charge < -0.3 is 15.4 Å². The molecular formula is C16H17FN4O2. The van der Waals surface area contributed by atoms with Crippen molar-refractivity contribution in [3.8, 4) is 17.0 Å². The van der Waals surface area contributed by atoms with Gasteiger partial charge in [0, 0.05) is 38.2 Å². The fourth-order valence-electron chi connectivity index (χ4n) is 2.54. The third-order valence-electron chi connectivity index (χ3n) is 3.66. The Kier molecular flexibility index (Phi) is 3.96. The number of hydrogen-bond donors (Lipinski definition) is 1. The van der Waals surface area contributed by atoms with Gasteiger partial charge in [0.1, 0.15) is 23.4 Å². The summed E-state index contributed by atoms with van der Waals surface area (Å²) < 4.78 is 19.7. The number of nitrogens with two attached hydrogens (primary N) is 1. The van der Waals surface area contributed by atoms with Crippen LogP contribution in [0.2, 0.25) is 0 Å². The van der Waals surface area contributed by atoms with Crippen LogP contribution in [0, 0.1) is 5.82 Å². The van der Waals surface area contributed by atoms with E-state index in [1.54, 1.807) is 14.1 Å². The SMILES string of the molecule is CN(C)C(=O)c1cncc(-c2cc(F)cc3c2O[C@H](CN)C3)n1. The summed E-state index contributed by atoms with van der Waals surface area (Å²) in [6, 6.07) is 2.78. The minimum atomic E-state index is -0.383. The van der Waals surface area contributed by atoms with E-state index < -0.39 is 0 Å². The molecule has 1 amide bonds. The van der Waals surface area contributed by atoms with Crippen molar-refractivity contribution in [3.63, 3.8) is 0 Å². The Morgan fingerprint density at radius 1 is 1.43 bits per heavy atom. The fourth-order valence-corrected chi connectivity index (χ4v) is 2.54. The fraction of sp³-hybridized carbons (Fsp3) is 0.312. The number of amides is 1. The largest absolute Gasteiger partial charge is 0.488 e. The second-order valence-corrected chi connectivity index (χ2v) is 5.61. The van der Waals surface area contributed by atoms with Crippen LogP contribution < -0.4 is 10.5 Å². The molecule has 0 fully saturated rings. The van der Waals surface area contributed by atoms with E-state index in [1.165, 1.54) is 29.4 Å². The Labute approximate surface area is 133 Å². The summed E-state index contributed by atoms with van der Waals surface area (Å²) in [6.45, 7) is 0.348. The van der Waals surface area contributed by atoms with E-state index in [2.05, 4.69) is 9.97 Å². The predicted molar refractivity (Wildman–Crippen MR) is 82.6 cm³/mol. The van der Waals surface area contributed by atoms with Crippen molar-refractivity contribution in [2.75, 3.05) is 20.6 Å². The summed E-state index contributed by atoms with van der Waals surface area (Å²) >= 11 is 0. The van der Waals surface area contributed by atoms with Crippen molar-refractivity contribution in [2.24, 2.45) is 5.73 Å². The van der Waals surface area contributed by atoms with Crippen LogP contribution in [0.5, 0.6) is 5.75 Å². The molecule has 0 saturated carbocycles. The van der Waals surface area contributed by atoms with Crippen LogP contribution in [-0.2, 0) is 6.42 Å². The maximum Gasteiger partial charge on any atom is 0.273 e. The molecule has 0 spiro atoms. The van der Waals surface area contributed by atoms with E-state index in [-0.39, 0.29) is 23.5 Å². The lowest BCUT2D eigenvalue weighted by atomic mass is 10.0. The van der Waals surface area contributed by atoms with Crippen LogP contribution in [0.3, 0.4) is 0 Å². The van der Waals surface area contributed by atoms with E-state index in [4.69, 9.17) is 10.5 Å². The number of nitrogens with zero attached hydrogens (tertiary/aromatic N) is 3. The zero-order valence-electron chi connectivity index (χ0n) is 12.9. The van der Waals surface area contributed by atoms with Gasteiger partial charge in [-0.3, -0.25) is 9.78 Å². The van der Waals surface area contributed by atoms with E-state index >= 15 is 0 Å². The monoisotopic (exact) mass is 316 g/mol. The van der Waals surface area contributed by atoms with E-state index in [9.17, 15) is 9.18 Å². The highest BCUT2D eigenvalue weighted by Crippen LogP contribution is 2.38. The van der Waals surface area contributed by atoms with Crippen LogP contribution >= 0.6 is 0 Å². The number of fused-ring (bicyclic) bond motifs is 1. The molecule has 0 bridgehead atoms. The predicted octanol–water partition coefficient (Wildman–Crippen LogP) is 1.25. The molecule has 1 aromatic carbocycles. The van der Waals surface area contributed by atoms with Crippen LogP contribution in [-0.4, -0.2) is 47.5 Å². The first-order valence-electron chi connectivity index (χ1n) is 7.22. The van der Waals surface area contributed by atoms with Gasteiger partial charge >= 0.3 is 0 Å². The molecule has 0 aliphatic carbocycles. The maximum absolute atomic E-state index is 13.9. The number of aromatic nitrogens is 2. The van der Waals surface area contributed by atoms with E-state index in [1.807, 2.05) is 0 Å². The molecular weight excluding hydrogens is 299 g/mol. The van der Waals surface area contributed by atoms with Crippen LogP contribution in [0.25, 0.3) is 11.3 Å². The van der Waals surface area contributed by atoms with Gasteiger partial charge in [-0.1, -0.05) is 0 Å². The average Bonchev–Trinajstić information content (AvgIpc) is 2.96. The molecule has 1 aliphatic heterocycles. The Hall–Kier alpha value is -2.54. The minimum Gasteiger partial charge on any atom is -0.488 e. The molecule has 6 nitrogen and oxygen atoms in total. The average molecular weight is 316 g/mol. The van der Waals surface area contributed by atoms with Gasteiger partial charge in [0.25, 0.3) is 5.91 Å². The van der Waals surface area contributed by atoms with E-state index in [0.29, 0.717) is 30.0 Å². The van der Waals surface area contributed by atoms with Gasteiger partial charge in [-0.25, -0.2) is 9.37 Å². The number of rotatable bonds is 3. The lowest BCUT2D eigenvalue weighted by Crippen LogP contribution is -2.24. The number of carbonyl (C=O) groups excluding carboxylic acids is 1. The van der Waals surface area contributed by atoms with Gasteiger partial charge in [0.15, 0.2) is 0 Å².